The monoisotopic (exact) mass is 241 g/mol. The predicted octanol–water partition coefficient (Wildman–Crippen LogP) is 3.63. The lowest BCUT2D eigenvalue weighted by atomic mass is 10.1. The van der Waals surface area contributed by atoms with Crippen molar-refractivity contribution in [1.82, 2.24) is 0 Å². The van der Waals surface area contributed by atoms with Gasteiger partial charge in [-0.15, -0.1) is 11.3 Å². The van der Waals surface area contributed by atoms with E-state index in [0.717, 1.165) is 28.5 Å². The fourth-order valence-electron chi connectivity index (χ4n) is 1.45. The predicted molar refractivity (Wildman–Crippen MR) is 63.3 cm³/mol. The average molecular weight is 242 g/mol. The minimum absolute atomic E-state index is 0.00241. The van der Waals surface area contributed by atoms with E-state index in [2.05, 4.69) is 0 Å². The largest absolute Gasteiger partial charge is 0.469 e. The number of furan rings is 1. The molecule has 0 amide bonds. The summed E-state index contributed by atoms with van der Waals surface area (Å²) in [7, 11) is 0. The molecular weight excluding hydrogens is 230 g/mol. The summed E-state index contributed by atoms with van der Waals surface area (Å²) in [6.07, 6.45) is 3.38. The van der Waals surface area contributed by atoms with Crippen molar-refractivity contribution in [2.45, 2.75) is 18.9 Å². The van der Waals surface area contributed by atoms with E-state index in [4.69, 9.17) is 21.8 Å². The van der Waals surface area contributed by atoms with E-state index in [1.54, 1.807) is 17.6 Å². The molecule has 0 spiro atoms. The van der Waals surface area contributed by atoms with E-state index in [-0.39, 0.29) is 6.04 Å². The van der Waals surface area contributed by atoms with Crippen LogP contribution < -0.4 is 5.73 Å². The third-order valence-corrected chi connectivity index (χ3v) is 3.75. The summed E-state index contributed by atoms with van der Waals surface area (Å²) in [5.74, 6) is 0.970. The van der Waals surface area contributed by atoms with Crippen molar-refractivity contribution >= 4 is 22.9 Å². The van der Waals surface area contributed by atoms with Crippen LogP contribution in [-0.4, -0.2) is 0 Å². The minimum atomic E-state index is 0.00241. The summed E-state index contributed by atoms with van der Waals surface area (Å²) in [5.41, 5.74) is 6.04. The second kappa shape index (κ2) is 4.84. The molecule has 0 aliphatic carbocycles. The molecule has 2 rings (SSSR count). The van der Waals surface area contributed by atoms with Gasteiger partial charge in [0.15, 0.2) is 0 Å². The van der Waals surface area contributed by atoms with Gasteiger partial charge in [-0.25, -0.2) is 0 Å². The number of halogens is 1. The van der Waals surface area contributed by atoms with E-state index in [9.17, 15) is 0 Å². The molecule has 0 aliphatic rings. The number of thiophene rings is 1. The molecule has 80 valence electrons. The Balaban J connectivity index is 1.93. The van der Waals surface area contributed by atoms with Crippen LogP contribution in [-0.2, 0) is 6.42 Å². The number of nitrogens with two attached hydrogens (primary N) is 1. The van der Waals surface area contributed by atoms with Gasteiger partial charge in [0.2, 0.25) is 0 Å². The van der Waals surface area contributed by atoms with Crippen LogP contribution in [0.4, 0.5) is 0 Å². The Kier molecular flexibility index (Phi) is 3.46. The van der Waals surface area contributed by atoms with E-state index >= 15 is 0 Å². The molecule has 2 aromatic heterocycles. The average Bonchev–Trinajstić information content (AvgIpc) is 2.84. The molecule has 0 saturated carbocycles. The summed E-state index contributed by atoms with van der Waals surface area (Å²) in [5, 5.41) is 2.73. The first-order chi connectivity index (χ1) is 7.27. The Hall–Kier alpha value is -0.770. The maximum atomic E-state index is 6.04. The van der Waals surface area contributed by atoms with Crippen molar-refractivity contribution in [2.24, 2.45) is 5.73 Å². The quantitative estimate of drug-likeness (QED) is 0.888. The molecule has 15 heavy (non-hydrogen) atoms. The van der Waals surface area contributed by atoms with Crippen molar-refractivity contribution in [3.63, 3.8) is 0 Å². The molecule has 1 atom stereocenters. The zero-order valence-electron chi connectivity index (χ0n) is 8.15. The molecule has 4 heteroatoms. The molecule has 2 heterocycles. The maximum Gasteiger partial charge on any atom is 0.103 e. The van der Waals surface area contributed by atoms with Gasteiger partial charge in [0.1, 0.15) is 5.76 Å². The second-order valence-corrected chi connectivity index (χ2v) is 4.71. The number of hydrogen-bond acceptors (Lipinski definition) is 3. The van der Waals surface area contributed by atoms with Gasteiger partial charge in [0.05, 0.1) is 11.3 Å². The number of rotatable bonds is 4. The van der Waals surface area contributed by atoms with Crippen LogP contribution in [0.3, 0.4) is 0 Å². The van der Waals surface area contributed by atoms with Gasteiger partial charge < -0.3 is 10.2 Å². The first kappa shape index (κ1) is 10.7. The molecule has 0 aromatic carbocycles. The van der Waals surface area contributed by atoms with Crippen molar-refractivity contribution in [1.29, 1.82) is 0 Å². The van der Waals surface area contributed by atoms with Gasteiger partial charge in [-0.3, -0.25) is 0 Å². The number of aryl methyl sites for hydroxylation is 1. The summed E-state index contributed by atoms with van der Waals surface area (Å²) in [6, 6.07) is 5.73. The second-order valence-electron chi connectivity index (χ2n) is 3.36. The molecule has 0 saturated heterocycles. The van der Waals surface area contributed by atoms with Crippen LogP contribution in [0.15, 0.2) is 34.3 Å². The normalized spacial score (nSPS) is 12.9. The Bertz CT molecular complexity index is 410. The summed E-state index contributed by atoms with van der Waals surface area (Å²) < 4.78 is 5.25. The SMILES string of the molecule is NC(CCc1ccco1)c1sccc1Cl. The molecular formula is C11H12ClNOS. The van der Waals surface area contributed by atoms with Crippen LogP contribution in [0.2, 0.25) is 5.02 Å². The summed E-state index contributed by atoms with van der Waals surface area (Å²) >= 11 is 7.61. The highest BCUT2D eigenvalue weighted by Crippen LogP contribution is 2.29. The zero-order valence-corrected chi connectivity index (χ0v) is 9.72. The summed E-state index contributed by atoms with van der Waals surface area (Å²) in [4.78, 5) is 1.06. The van der Waals surface area contributed by atoms with Crippen molar-refractivity contribution in [3.05, 3.63) is 45.5 Å². The van der Waals surface area contributed by atoms with Gasteiger partial charge in [-0.05, 0) is 30.0 Å². The molecule has 1 unspecified atom stereocenters. The molecule has 2 N–H and O–H groups in total. The van der Waals surface area contributed by atoms with Gasteiger partial charge in [0, 0.05) is 17.3 Å². The molecule has 0 bridgehead atoms. The Morgan fingerprint density at radius 1 is 1.47 bits per heavy atom. The lowest BCUT2D eigenvalue weighted by Gasteiger charge is -2.08. The van der Waals surface area contributed by atoms with E-state index < -0.39 is 0 Å². The smallest absolute Gasteiger partial charge is 0.103 e. The third kappa shape index (κ3) is 2.62. The Morgan fingerprint density at radius 2 is 2.33 bits per heavy atom. The lowest BCUT2D eigenvalue weighted by molar-refractivity contribution is 0.489. The highest BCUT2D eigenvalue weighted by molar-refractivity contribution is 7.10. The maximum absolute atomic E-state index is 6.04. The van der Waals surface area contributed by atoms with Crippen LogP contribution >= 0.6 is 22.9 Å². The van der Waals surface area contributed by atoms with Crippen molar-refractivity contribution in [3.8, 4) is 0 Å². The standard InChI is InChI=1S/C11H12ClNOS/c12-9-5-7-15-11(9)10(13)4-3-8-2-1-6-14-8/h1-2,5-7,10H,3-4,13H2. The molecule has 0 aliphatic heterocycles. The van der Waals surface area contributed by atoms with E-state index in [1.807, 2.05) is 23.6 Å². The van der Waals surface area contributed by atoms with E-state index in [1.165, 1.54) is 0 Å². The van der Waals surface area contributed by atoms with Crippen LogP contribution in [0.25, 0.3) is 0 Å². The van der Waals surface area contributed by atoms with Crippen LogP contribution in [0.1, 0.15) is 23.1 Å². The molecule has 0 radical (unpaired) electrons. The van der Waals surface area contributed by atoms with E-state index in [0.29, 0.717) is 0 Å². The van der Waals surface area contributed by atoms with Gasteiger partial charge in [-0.2, -0.15) is 0 Å². The van der Waals surface area contributed by atoms with Gasteiger partial charge in [-0.1, -0.05) is 11.6 Å². The molecule has 2 aromatic rings. The fraction of sp³-hybridized carbons (Fsp3) is 0.273. The lowest BCUT2D eigenvalue weighted by Crippen LogP contribution is -2.09. The third-order valence-electron chi connectivity index (χ3n) is 2.26. The minimum Gasteiger partial charge on any atom is -0.469 e. The first-order valence-electron chi connectivity index (χ1n) is 4.78. The van der Waals surface area contributed by atoms with Gasteiger partial charge >= 0.3 is 0 Å². The Morgan fingerprint density at radius 3 is 2.93 bits per heavy atom. The topological polar surface area (TPSA) is 39.2 Å². The first-order valence-corrected chi connectivity index (χ1v) is 6.04. The highest BCUT2D eigenvalue weighted by Gasteiger charge is 2.12. The molecule has 0 fully saturated rings. The van der Waals surface area contributed by atoms with Crippen molar-refractivity contribution in [2.75, 3.05) is 0 Å². The van der Waals surface area contributed by atoms with Gasteiger partial charge in [0.25, 0.3) is 0 Å². The Labute approximate surface area is 97.7 Å². The summed E-state index contributed by atoms with van der Waals surface area (Å²) in [6.45, 7) is 0. The fourth-order valence-corrected chi connectivity index (χ4v) is 2.69. The zero-order chi connectivity index (χ0) is 10.7. The highest BCUT2D eigenvalue weighted by atomic mass is 35.5. The van der Waals surface area contributed by atoms with Crippen molar-refractivity contribution < 1.29 is 4.42 Å². The van der Waals surface area contributed by atoms with Crippen LogP contribution in [0.5, 0.6) is 0 Å². The molecule has 2 nitrogen and oxygen atoms in total. The number of hydrogen-bond donors (Lipinski definition) is 1. The van der Waals surface area contributed by atoms with Crippen LogP contribution in [0, 0.1) is 0 Å².